The molecule has 0 spiro atoms. The number of rotatable bonds is 13. The van der Waals surface area contributed by atoms with E-state index in [4.69, 9.17) is 21.1 Å². The highest BCUT2D eigenvalue weighted by Crippen LogP contribution is 2.34. The van der Waals surface area contributed by atoms with Gasteiger partial charge in [-0.3, -0.25) is 13.9 Å². The number of nitrogens with zero attached hydrogens (tertiary/aromatic N) is 2. The third-order valence-corrected chi connectivity index (χ3v) is 7.82. The molecule has 0 saturated heterocycles. The average Bonchev–Trinajstić information content (AvgIpc) is 2.89. The van der Waals surface area contributed by atoms with Crippen LogP contribution in [0.25, 0.3) is 0 Å². The highest BCUT2D eigenvalue weighted by Gasteiger charge is 2.27. The second-order valence-electron chi connectivity index (χ2n) is 9.20. The van der Waals surface area contributed by atoms with Crippen molar-refractivity contribution in [3.63, 3.8) is 0 Å². The van der Waals surface area contributed by atoms with E-state index in [1.807, 2.05) is 19.1 Å². The molecule has 0 aromatic heterocycles. The molecule has 2 aromatic carbocycles. The fraction of sp³-hybridized carbons (Fsp3) is 0.481. The summed E-state index contributed by atoms with van der Waals surface area (Å²) < 4.78 is 37.6. The lowest BCUT2D eigenvalue weighted by Gasteiger charge is -2.30. The maximum atomic E-state index is 13.4. The minimum atomic E-state index is -3.63. The van der Waals surface area contributed by atoms with Gasteiger partial charge in [-0.15, -0.1) is 0 Å². The molecular weight excluding hydrogens is 530 g/mol. The maximum absolute atomic E-state index is 13.4. The van der Waals surface area contributed by atoms with Crippen LogP contribution in [0.4, 0.5) is 5.69 Å². The predicted molar refractivity (Wildman–Crippen MR) is 148 cm³/mol. The molecule has 1 aliphatic rings. The second-order valence-corrected chi connectivity index (χ2v) is 11.5. The number of sulfonamides is 1. The Morgan fingerprint density at radius 3 is 2.47 bits per heavy atom. The molecule has 0 radical (unpaired) electrons. The Balaban J connectivity index is 1.72. The summed E-state index contributed by atoms with van der Waals surface area (Å²) in [7, 11) is -3.63. The molecule has 0 bridgehead atoms. The molecule has 2 amide bonds. The summed E-state index contributed by atoms with van der Waals surface area (Å²) in [6, 6.07) is 11.4. The molecule has 3 rings (SSSR count). The van der Waals surface area contributed by atoms with Crippen molar-refractivity contribution in [1.29, 1.82) is 0 Å². The van der Waals surface area contributed by atoms with Crippen molar-refractivity contribution in [2.75, 3.05) is 36.9 Å². The summed E-state index contributed by atoms with van der Waals surface area (Å²) in [5, 5.41) is 3.39. The standard InChI is InChI=1S/C27H36ClN3O6S/c1-4-5-14-29-27(33)20(2)30(19-21-9-6-7-10-23(21)28)26(32)11-8-15-31(38(3,34)35)22-12-13-24-25(18-22)37-17-16-36-24/h6-7,9-10,12-13,18,20H,4-5,8,11,14-17,19H2,1-3H3,(H,29,33)/t20-/m1/s1. The maximum Gasteiger partial charge on any atom is 0.242 e. The SMILES string of the molecule is CCCCNC(=O)[C@@H](C)N(Cc1ccccc1Cl)C(=O)CCCN(c1ccc2c(c1)OCCO2)S(C)(=O)=O. The second kappa shape index (κ2) is 13.7. The van der Waals surface area contributed by atoms with Crippen molar-refractivity contribution in [3.8, 4) is 11.5 Å². The van der Waals surface area contributed by atoms with Gasteiger partial charge in [-0.1, -0.05) is 43.1 Å². The monoisotopic (exact) mass is 565 g/mol. The van der Waals surface area contributed by atoms with Gasteiger partial charge in [0.1, 0.15) is 19.3 Å². The van der Waals surface area contributed by atoms with Crippen LogP contribution in [0.1, 0.15) is 45.1 Å². The summed E-state index contributed by atoms with van der Waals surface area (Å²) in [4.78, 5) is 27.7. The number of hydrogen-bond acceptors (Lipinski definition) is 6. The third kappa shape index (κ3) is 8.01. The van der Waals surface area contributed by atoms with Gasteiger partial charge in [0, 0.05) is 37.1 Å². The fourth-order valence-corrected chi connectivity index (χ4v) is 5.27. The first-order valence-electron chi connectivity index (χ1n) is 12.8. The summed E-state index contributed by atoms with van der Waals surface area (Å²) in [5.74, 6) is 0.531. The molecule has 0 unspecified atom stereocenters. The van der Waals surface area contributed by atoms with Gasteiger partial charge in [-0.05, 0) is 43.5 Å². The lowest BCUT2D eigenvalue weighted by molar-refractivity contribution is -0.140. The molecule has 1 atom stereocenters. The Morgan fingerprint density at radius 2 is 1.79 bits per heavy atom. The van der Waals surface area contributed by atoms with E-state index in [0.29, 0.717) is 42.0 Å². The van der Waals surface area contributed by atoms with Crippen LogP contribution < -0.4 is 19.1 Å². The molecule has 11 heteroatoms. The lowest BCUT2D eigenvalue weighted by Crippen LogP contribution is -2.48. The van der Waals surface area contributed by atoms with Crippen molar-refractivity contribution in [2.24, 2.45) is 0 Å². The summed E-state index contributed by atoms with van der Waals surface area (Å²) in [5.41, 5.74) is 1.16. The highest BCUT2D eigenvalue weighted by molar-refractivity contribution is 7.92. The predicted octanol–water partition coefficient (Wildman–Crippen LogP) is 3.99. The number of benzene rings is 2. The number of anilines is 1. The van der Waals surface area contributed by atoms with Gasteiger partial charge in [0.2, 0.25) is 21.8 Å². The molecular formula is C27H36ClN3O6S. The molecule has 1 heterocycles. The van der Waals surface area contributed by atoms with E-state index in [1.54, 1.807) is 37.3 Å². The summed E-state index contributed by atoms with van der Waals surface area (Å²) in [6.45, 7) is 5.33. The Hall–Kier alpha value is -2.98. The van der Waals surface area contributed by atoms with Gasteiger partial charge >= 0.3 is 0 Å². The number of unbranched alkanes of at least 4 members (excludes halogenated alkanes) is 1. The van der Waals surface area contributed by atoms with Crippen LogP contribution in [-0.2, 0) is 26.2 Å². The van der Waals surface area contributed by atoms with Crippen molar-refractivity contribution in [2.45, 2.75) is 52.1 Å². The van der Waals surface area contributed by atoms with Gasteiger partial charge in [0.05, 0.1) is 11.9 Å². The number of nitrogens with one attached hydrogen (secondary N) is 1. The molecule has 38 heavy (non-hydrogen) atoms. The summed E-state index contributed by atoms with van der Waals surface area (Å²) >= 11 is 6.34. The van der Waals surface area contributed by atoms with Crippen LogP contribution in [0.2, 0.25) is 5.02 Å². The van der Waals surface area contributed by atoms with Crippen LogP contribution in [-0.4, -0.2) is 63.7 Å². The first kappa shape index (κ1) is 29.6. The number of ether oxygens (including phenoxy) is 2. The van der Waals surface area contributed by atoms with Crippen molar-refractivity contribution in [3.05, 3.63) is 53.1 Å². The van der Waals surface area contributed by atoms with Gasteiger partial charge < -0.3 is 19.7 Å². The first-order chi connectivity index (χ1) is 18.1. The molecule has 1 N–H and O–H groups in total. The van der Waals surface area contributed by atoms with E-state index < -0.39 is 16.1 Å². The quantitative estimate of drug-likeness (QED) is 0.368. The number of halogens is 1. The zero-order valence-electron chi connectivity index (χ0n) is 22.1. The first-order valence-corrected chi connectivity index (χ1v) is 15.0. The van der Waals surface area contributed by atoms with E-state index in [0.717, 1.165) is 24.7 Å². The van der Waals surface area contributed by atoms with Gasteiger partial charge in [0.15, 0.2) is 11.5 Å². The van der Waals surface area contributed by atoms with Crippen LogP contribution >= 0.6 is 11.6 Å². The van der Waals surface area contributed by atoms with Gasteiger partial charge in [-0.25, -0.2) is 8.42 Å². The van der Waals surface area contributed by atoms with E-state index in [9.17, 15) is 18.0 Å². The Kier molecular flexibility index (Phi) is 10.7. The topological polar surface area (TPSA) is 105 Å². The molecule has 208 valence electrons. The Labute approximate surface area is 230 Å². The van der Waals surface area contributed by atoms with E-state index >= 15 is 0 Å². The minimum absolute atomic E-state index is 0.0492. The molecule has 2 aromatic rings. The van der Waals surface area contributed by atoms with Crippen LogP contribution in [0.3, 0.4) is 0 Å². The zero-order valence-corrected chi connectivity index (χ0v) is 23.7. The largest absolute Gasteiger partial charge is 0.486 e. The summed E-state index contributed by atoms with van der Waals surface area (Å²) in [6.07, 6.45) is 3.21. The zero-order chi connectivity index (χ0) is 27.7. The van der Waals surface area contributed by atoms with Gasteiger partial charge in [-0.2, -0.15) is 0 Å². The van der Waals surface area contributed by atoms with Crippen molar-refractivity contribution in [1.82, 2.24) is 10.2 Å². The molecule has 0 saturated carbocycles. The number of amides is 2. The van der Waals surface area contributed by atoms with E-state index in [-0.39, 0.29) is 37.7 Å². The number of carbonyl (C=O) groups is 2. The van der Waals surface area contributed by atoms with E-state index in [2.05, 4.69) is 5.32 Å². The number of carbonyl (C=O) groups excluding carboxylic acids is 2. The smallest absolute Gasteiger partial charge is 0.242 e. The van der Waals surface area contributed by atoms with Crippen LogP contribution in [0, 0.1) is 0 Å². The van der Waals surface area contributed by atoms with Gasteiger partial charge in [0.25, 0.3) is 0 Å². The van der Waals surface area contributed by atoms with Crippen molar-refractivity contribution >= 4 is 39.1 Å². The normalized spacial score (nSPS) is 13.5. The number of fused-ring (bicyclic) bond motifs is 1. The third-order valence-electron chi connectivity index (χ3n) is 6.26. The van der Waals surface area contributed by atoms with Crippen LogP contribution in [0.15, 0.2) is 42.5 Å². The Bertz CT molecular complexity index is 1220. The fourth-order valence-electron chi connectivity index (χ4n) is 4.12. The van der Waals surface area contributed by atoms with E-state index in [1.165, 1.54) is 9.21 Å². The molecule has 0 fully saturated rings. The average molecular weight is 566 g/mol. The Morgan fingerprint density at radius 1 is 1.08 bits per heavy atom. The van der Waals surface area contributed by atoms with Crippen LogP contribution in [0.5, 0.6) is 11.5 Å². The molecule has 9 nitrogen and oxygen atoms in total. The highest BCUT2D eigenvalue weighted by atomic mass is 35.5. The molecule has 0 aliphatic carbocycles. The lowest BCUT2D eigenvalue weighted by atomic mass is 10.1. The molecule has 1 aliphatic heterocycles. The van der Waals surface area contributed by atoms with Crippen molar-refractivity contribution < 1.29 is 27.5 Å². The minimum Gasteiger partial charge on any atom is -0.486 e. The number of hydrogen-bond donors (Lipinski definition) is 1.